The second kappa shape index (κ2) is 10.4. The number of rotatable bonds is 8. The first kappa shape index (κ1) is 23.4. The highest BCUT2D eigenvalue weighted by molar-refractivity contribution is 7.89. The zero-order chi connectivity index (χ0) is 22.4. The standard InChI is InChI=1S/C21H28N4O4S2/c1-4-24(5-2)20-8-7-18(31(27,28)25-10-12-29-13-11-25)14-19(20)23-21(26)9-6-17-15-30-16(3)22-17/h6-9,14-15H,4-5,10-13H2,1-3H3,(H,23,26)/b9-6+. The molecule has 0 spiro atoms. The number of amides is 1. The lowest BCUT2D eigenvalue weighted by Gasteiger charge is -2.28. The molecule has 1 aliphatic rings. The van der Waals surface area contributed by atoms with Crippen LogP contribution in [0.5, 0.6) is 0 Å². The number of carbonyl (C=O) groups is 1. The minimum atomic E-state index is -3.67. The quantitative estimate of drug-likeness (QED) is 0.604. The molecule has 10 heteroatoms. The fourth-order valence-electron chi connectivity index (χ4n) is 3.34. The summed E-state index contributed by atoms with van der Waals surface area (Å²) < 4.78 is 32.8. The Labute approximate surface area is 187 Å². The molecule has 1 N–H and O–H groups in total. The molecule has 168 valence electrons. The largest absolute Gasteiger partial charge is 0.379 e. The van der Waals surface area contributed by atoms with Crippen molar-refractivity contribution in [2.75, 3.05) is 49.6 Å². The number of sulfonamides is 1. The van der Waals surface area contributed by atoms with E-state index in [2.05, 4.69) is 15.2 Å². The number of hydrogen-bond acceptors (Lipinski definition) is 7. The molecule has 1 amide bonds. The molecule has 1 saturated heterocycles. The van der Waals surface area contributed by atoms with Gasteiger partial charge in [0.25, 0.3) is 0 Å². The maximum absolute atomic E-state index is 13.1. The Morgan fingerprint density at radius 2 is 2.00 bits per heavy atom. The van der Waals surface area contributed by atoms with Gasteiger partial charge in [0.15, 0.2) is 0 Å². The molecular formula is C21H28N4O4S2. The lowest BCUT2D eigenvalue weighted by atomic mass is 10.2. The van der Waals surface area contributed by atoms with Gasteiger partial charge >= 0.3 is 0 Å². The van der Waals surface area contributed by atoms with Crippen molar-refractivity contribution >= 4 is 44.7 Å². The van der Waals surface area contributed by atoms with Gasteiger partial charge in [-0.2, -0.15) is 4.31 Å². The molecule has 1 aliphatic heterocycles. The van der Waals surface area contributed by atoms with Crippen LogP contribution >= 0.6 is 11.3 Å². The van der Waals surface area contributed by atoms with Gasteiger partial charge in [0.2, 0.25) is 15.9 Å². The summed E-state index contributed by atoms with van der Waals surface area (Å²) >= 11 is 1.51. The van der Waals surface area contributed by atoms with Crippen molar-refractivity contribution in [1.82, 2.24) is 9.29 Å². The molecule has 0 unspecified atom stereocenters. The van der Waals surface area contributed by atoms with Crippen molar-refractivity contribution in [1.29, 1.82) is 0 Å². The van der Waals surface area contributed by atoms with Crippen LogP contribution in [-0.2, 0) is 19.6 Å². The van der Waals surface area contributed by atoms with Gasteiger partial charge in [-0.15, -0.1) is 11.3 Å². The van der Waals surface area contributed by atoms with Crippen LogP contribution in [0.3, 0.4) is 0 Å². The molecular weight excluding hydrogens is 436 g/mol. The number of benzene rings is 1. The summed E-state index contributed by atoms with van der Waals surface area (Å²) in [4.78, 5) is 19.1. The van der Waals surface area contributed by atoms with Gasteiger partial charge in [-0.1, -0.05) is 0 Å². The van der Waals surface area contributed by atoms with Crippen LogP contribution in [0.4, 0.5) is 11.4 Å². The van der Waals surface area contributed by atoms with Gasteiger partial charge in [-0.05, 0) is 45.0 Å². The first-order valence-corrected chi connectivity index (χ1v) is 12.5. The first-order chi connectivity index (χ1) is 14.8. The molecule has 2 heterocycles. The van der Waals surface area contributed by atoms with Crippen molar-refractivity contribution in [2.24, 2.45) is 0 Å². The van der Waals surface area contributed by atoms with Crippen LogP contribution < -0.4 is 10.2 Å². The number of nitrogens with zero attached hydrogens (tertiary/aromatic N) is 3. The summed E-state index contributed by atoms with van der Waals surface area (Å²) in [6.07, 6.45) is 3.05. The third-order valence-electron chi connectivity index (χ3n) is 4.98. The smallest absolute Gasteiger partial charge is 0.248 e. The van der Waals surface area contributed by atoms with Crippen LogP contribution in [0.1, 0.15) is 24.5 Å². The van der Waals surface area contributed by atoms with Crippen LogP contribution in [0, 0.1) is 6.92 Å². The van der Waals surface area contributed by atoms with Crippen LogP contribution in [0.15, 0.2) is 34.6 Å². The predicted octanol–water partition coefficient (Wildman–Crippen LogP) is 2.97. The number of nitrogens with one attached hydrogen (secondary N) is 1. The third-order valence-corrected chi connectivity index (χ3v) is 7.67. The fourth-order valence-corrected chi connectivity index (χ4v) is 5.36. The molecule has 0 saturated carbocycles. The topological polar surface area (TPSA) is 91.8 Å². The summed E-state index contributed by atoms with van der Waals surface area (Å²) in [5, 5.41) is 5.64. The van der Waals surface area contributed by atoms with Crippen molar-refractivity contribution in [3.05, 3.63) is 40.4 Å². The summed E-state index contributed by atoms with van der Waals surface area (Å²) in [7, 11) is -3.67. The SMILES string of the molecule is CCN(CC)c1ccc(S(=O)(=O)N2CCOCC2)cc1NC(=O)/C=C/c1csc(C)n1. The molecule has 1 aromatic heterocycles. The van der Waals surface area contributed by atoms with E-state index in [1.807, 2.05) is 26.2 Å². The molecule has 8 nitrogen and oxygen atoms in total. The summed E-state index contributed by atoms with van der Waals surface area (Å²) in [5.41, 5.74) is 1.95. The van der Waals surface area contributed by atoms with Crippen LogP contribution in [0.25, 0.3) is 6.08 Å². The van der Waals surface area contributed by atoms with E-state index in [9.17, 15) is 13.2 Å². The Balaban J connectivity index is 1.90. The number of morpholine rings is 1. The molecule has 0 aliphatic carbocycles. The van der Waals surface area contributed by atoms with E-state index in [0.717, 1.165) is 23.8 Å². The summed E-state index contributed by atoms with van der Waals surface area (Å²) in [6, 6.07) is 4.89. The van der Waals surface area contributed by atoms with E-state index in [1.165, 1.54) is 27.8 Å². The normalized spacial score (nSPS) is 15.3. The van der Waals surface area contributed by atoms with Gasteiger partial charge in [-0.3, -0.25) is 4.79 Å². The van der Waals surface area contributed by atoms with E-state index < -0.39 is 10.0 Å². The molecule has 3 rings (SSSR count). The number of ether oxygens (including phenoxy) is 1. The number of aryl methyl sites for hydroxylation is 1. The maximum Gasteiger partial charge on any atom is 0.248 e. The van der Waals surface area contributed by atoms with Crippen LogP contribution in [0.2, 0.25) is 0 Å². The molecule has 1 aromatic carbocycles. The van der Waals surface area contributed by atoms with Gasteiger partial charge in [-0.25, -0.2) is 13.4 Å². The lowest BCUT2D eigenvalue weighted by Crippen LogP contribution is -2.40. The van der Waals surface area contributed by atoms with Gasteiger partial charge in [0.05, 0.1) is 40.2 Å². The van der Waals surface area contributed by atoms with E-state index in [4.69, 9.17) is 4.74 Å². The average Bonchev–Trinajstić information content (AvgIpc) is 3.19. The third kappa shape index (κ3) is 5.70. The Bertz CT molecular complexity index is 1040. The molecule has 0 atom stereocenters. The fraction of sp³-hybridized carbons (Fsp3) is 0.429. The number of anilines is 2. The van der Waals surface area contributed by atoms with Gasteiger partial charge in [0, 0.05) is 37.6 Å². The minimum Gasteiger partial charge on any atom is -0.379 e. The Hall–Kier alpha value is -2.27. The highest BCUT2D eigenvalue weighted by Crippen LogP contribution is 2.30. The summed E-state index contributed by atoms with van der Waals surface area (Å²) in [6.45, 7) is 8.76. The molecule has 1 fully saturated rings. The van der Waals surface area contributed by atoms with Gasteiger partial charge < -0.3 is 15.0 Å². The highest BCUT2D eigenvalue weighted by Gasteiger charge is 2.27. The van der Waals surface area contributed by atoms with Crippen LogP contribution in [-0.4, -0.2) is 63.0 Å². The second-order valence-electron chi connectivity index (χ2n) is 6.98. The van der Waals surface area contributed by atoms with E-state index in [-0.39, 0.29) is 10.8 Å². The Morgan fingerprint density at radius 3 is 2.61 bits per heavy atom. The average molecular weight is 465 g/mol. The molecule has 31 heavy (non-hydrogen) atoms. The monoisotopic (exact) mass is 464 g/mol. The Kier molecular flexibility index (Phi) is 7.82. The maximum atomic E-state index is 13.1. The van der Waals surface area contributed by atoms with E-state index >= 15 is 0 Å². The van der Waals surface area contributed by atoms with Crippen molar-refractivity contribution in [3.8, 4) is 0 Å². The van der Waals surface area contributed by atoms with Crippen molar-refractivity contribution in [2.45, 2.75) is 25.7 Å². The van der Waals surface area contributed by atoms with E-state index in [0.29, 0.717) is 37.7 Å². The number of carbonyl (C=O) groups excluding carboxylic acids is 1. The molecule has 0 bridgehead atoms. The molecule has 0 radical (unpaired) electrons. The van der Waals surface area contributed by atoms with Crippen molar-refractivity contribution in [3.63, 3.8) is 0 Å². The second-order valence-corrected chi connectivity index (χ2v) is 9.98. The highest BCUT2D eigenvalue weighted by atomic mass is 32.2. The van der Waals surface area contributed by atoms with Gasteiger partial charge in [0.1, 0.15) is 0 Å². The summed E-state index contributed by atoms with van der Waals surface area (Å²) in [5.74, 6) is -0.347. The number of thiazole rings is 1. The minimum absolute atomic E-state index is 0.153. The van der Waals surface area contributed by atoms with E-state index in [1.54, 1.807) is 18.2 Å². The number of aromatic nitrogens is 1. The van der Waals surface area contributed by atoms with Crippen molar-refractivity contribution < 1.29 is 17.9 Å². The first-order valence-electron chi connectivity index (χ1n) is 10.2. The molecule has 2 aromatic rings. The zero-order valence-electron chi connectivity index (χ0n) is 18.0. The lowest BCUT2D eigenvalue weighted by molar-refractivity contribution is -0.111. The Morgan fingerprint density at radius 1 is 1.29 bits per heavy atom. The number of hydrogen-bond donors (Lipinski definition) is 1. The predicted molar refractivity (Wildman–Crippen MR) is 124 cm³/mol. The zero-order valence-corrected chi connectivity index (χ0v) is 19.6.